The van der Waals surface area contributed by atoms with Gasteiger partial charge in [-0.15, -0.1) is 11.3 Å². The molecular weight excluding hydrogens is 263 g/mol. The van der Waals surface area contributed by atoms with Crippen molar-refractivity contribution in [3.63, 3.8) is 0 Å². The predicted octanol–water partition coefficient (Wildman–Crippen LogP) is 2.87. The summed E-state index contributed by atoms with van der Waals surface area (Å²) in [6.45, 7) is 0.362. The second-order valence-electron chi connectivity index (χ2n) is 3.27. The predicted molar refractivity (Wildman–Crippen MR) is 64.7 cm³/mol. The third-order valence-corrected chi connectivity index (χ3v) is 3.17. The molecule has 88 valence electrons. The van der Waals surface area contributed by atoms with Crippen LogP contribution >= 0.6 is 22.9 Å². The van der Waals surface area contributed by atoms with Crippen LogP contribution in [0.15, 0.2) is 30.5 Å². The van der Waals surface area contributed by atoms with Gasteiger partial charge in [-0.3, -0.25) is 4.79 Å². The smallest absolute Gasteiger partial charge is 0.251 e. The molecular formula is C11H8ClFN2OS. The Morgan fingerprint density at radius 3 is 2.71 bits per heavy atom. The second-order valence-corrected chi connectivity index (χ2v) is 4.97. The summed E-state index contributed by atoms with van der Waals surface area (Å²) in [5.41, 5.74) is 0.419. The molecule has 1 amide bonds. The van der Waals surface area contributed by atoms with E-state index < -0.39 is 0 Å². The van der Waals surface area contributed by atoms with Gasteiger partial charge in [-0.25, -0.2) is 9.37 Å². The van der Waals surface area contributed by atoms with Crippen LogP contribution in [0, 0.1) is 5.82 Å². The lowest BCUT2D eigenvalue weighted by Gasteiger charge is -2.02. The number of benzene rings is 1. The van der Waals surface area contributed by atoms with Crippen molar-refractivity contribution >= 4 is 28.8 Å². The van der Waals surface area contributed by atoms with Gasteiger partial charge in [0.1, 0.15) is 5.82 Å². The highest BCUT2D eigenvalue weighted by atomic mass is 35.5. The number of nitrogens with one attached hydrogen (secondary N) is 1. The van der Waals surface area contributed by atoms with Crippen molar-refractivity contribution in [3.8, 4) is 0 Å². The number of rotatable bonds is 3. The molecule has 0 radical (unpaired) electrons. The molecule has 0 spiro atoms. The van der Waals surface area contributed by atoms with Crippen LogP contribution < -0.4 is 5.32 Å². The minimum atomic E-state index is -0.365. The molecule has 6 heteroatoms. The van der Waals surface area contributed by atoms with Crippen LogP contribution in [0.3, 0.4) is 0 Å². The molecule has 17 heavy (non-hydrogen) atoms. The largest absolute Gasteiger partial charge is 0.347 e. The van der Waals surface area contributed by atoms with Crippen molar-refractivity contribution in [2.24, 2.45) is 0 Å². The van der Waals surface area contributed by atoms with Crippen molar-refractivity contribution in [1.29, 1.82) is 0 Å². The van der Waals surface area contributed by atoms with Crippen LogP contribution in [0.4, 0.5) is 4.39 Å². The lowest BCUT2D eigenvalue weighted by molar-refractivity contribution is 0.0951. The zero-order valence-electron chi connectivity index (χ0n) is 8.61. The van der Waals surface area contributed by atoms with Crippen LogP contribution in [-0.4, -0.2) is 10.9 Å². The Balaban J connectivity index is 1.95. The highest BCUT2D eigenvalue weighted by molar-refractivity contribution is 7.15. The van der Waals surface area contributed by atoms with Gasteiger partial charge in [-0.1, -0.05) is 11.6 Å². The first-order valence-electron chi connectivity index (χ1n) is 4.79. The number of nitrogens with zero attached hydrogens (tertiary/aromatic N) is 1. The Morgan fingerprint density at radius 2 is 2.12 bits per heavy atom. The van der Waals surface area contributed by atoms with Gasteiger partial charge < -0.3 is 5.32 Å². The molecule has 0 aliphatic carbocycles. The van der Waals surface area contributed by atoms with Crippen molar-refractivity contribution in [3.05, 3.63) is 51.2 Å². The Kier molecular flexibility index (Phi) is 3.71. The van der Waals surface area contributed by atoms with Crippen molar-refractivity contribution in [2.45, 2.75) is 6.54 Å². The van der Waals surface area contributed by atoms with E-state index in [4.69, 9.17) is 11.6 Å². The molecule has 1 aromatic carbocycles. The monoisotopic (exact) mass is 270 g/mol. The standard InChI is InChI=1S/C11H8ClFN2OS/c12-11-15-6-9(17-11)5-14-10(16)7-1-3-8(13)4-2-7/h1-4,6H,5H2,(H,14,16). The minimum Gasteiger partial charge on any atom is -0.347 e. The highest BCUT2D eigenvalue weighted by Crippen LogP contribution is 2.17. The lowest BCUT2D eigenvalue weighted by atomic mass is 10.2. The number of thiazole rings is 1. The van der Waals surface area contributed by atoms with Crippen LogP contribution in [0.2, 0.25) is 4.47 Å². The molecule has 0 fully saturated rings. The fraction of sp³-hybridized carbons (Fsp3) is 0.0909. The number of carbonyl (C=O) groups is 1. The van der Waals surface area contributed by atoms with E-state index >= 15 is 0 Å². The van der Waals surface area contributed by atoms with Gasteiger partial charge in [-0.2, -0.15) is 0 Å². The normalized spacial score (nSPS) is 10.2. The summed E-state index contributed by atoms with van der Waals surface area (Å²) in [5.74, 6) is -0.620. The zero-order valence-corrected chi connectivity index (χ0v) is 10.2. The van der Waals surface area contributed by atoms with Gasteiger partial charge >= 0.3 is 0 Å². The zero-order chi connectivity index (χ0) is 12.3. The van der Waals surface area contributed by atoms with Crippen LogP contribution in [-0.2, 0) is 6.54 Å². The Hall–Kier alpha value is -1.46. The van der Waals surface area contributed by atoms with Gasteiger partial charge in [0.05, 0.1) is 6.54 Å². The van der Waals surface area contributed by atoms with E-state index in [1.165, 1.54) is 35.6 Å². The SMILES string of the molecule is O=C(NCc1cnc(Cl)s1)c1ccc(F)cc1. The molecule has 2 aromatic rings. The molecule has 0 saturated carbocycles. The lowest BCUT2D eigenvalue weighted by Crippen LogP contribution is -2.22. The Morgan fingerprint density at radius 1 is 1.41 bits per heavy atom. The maximum absolute atomic E-state index is 12.7. The fourth-order valence-electron chi connectivity index (χ4n) is 1.24. The summed E-state index contributed by atoms with van der Waals surface area (Å²) in [5, 5.41) is 2.70. The number of carbonyl (C=O) groups excluding carboxylic acids is 1. The average Bonchev–Trinajstić information content (AvgIpc) is 2.73. The van der Waals surface area contributed by atoms with Gasteiger partial charge in [-0.05, 0) is 24.3 Å². The van der Waals surface area contributed by atoms with Gasteiger partial charge in [0.2, 0.25) is 0 Å². The molecule has 1 N–H and O–H groups in total. The minimum absolute atomic E-state index is 0.255. The maximum atomic E-state index is 12.7. The fourth-order valence-corrected chi connectivity index (χ4v) is 2.15. The summed E-state index contributed by atoms with van der Waals surface area (Å²) < 4.78 is 13.1. The molecule has 0 unspecified atom stereocenters. The quantitative estimate of drug-likeness (QED) is 0.932. The number of hydrogen-bond acceptors (Lipinski definition) is 3. The van der Waals surface area contributed by atoms with E-state index in [2.05, 4.69) is 10.3 Å². The van der Waals surface area contributed by atoms with E-state index in [-0.39, 0.29) is 11.7 Å². The molecule has 2 rings (SSSR count). The van der Waals surface area contributed by atoms with E-state index in [1.54, 1.807) is 6.20 Å². The number of halogens is 2. The van der Waals surface area contributed by atoms with E-state index in [0.717, 1.165) is 4.88 Å². The number of hydrogen-bond donors (Lipinski definition) is 1. The third kappa shape index (κ3) is 3.25. The number of amides is 1. The van der Waals surface area contributed by atoms with Crippen molar-refractivity contribution < 1.29 is 9.18 Å². The van der Waals surface area contributed by atoms with Crippen LogP contribution in [0.5, 0.6) is 0 Å². The van der Waals surface area contributed by atoms with Crippen molar-refractivity contribution in [2.75, 3.05) is 0 Å². The highest BCUT2D eigenvalue weighted by Gasteiger charge is 2.06. The molecule has 0 saturated heterocycles. The maximum Gasteiger partial charge on any atom is 0.251 e. The first kappa shape index (κ1) is 12.0. The first-order valence-corrected chi connectivity index (χ1v) is 5.98. The van der Waals surface area contributed by atoms with E-state index in [1.807, 2.05) is 0 Å². The van der Waals surface area contributed by atoms with Gasteiger partial charge in [0, 0.05) is 16.6 Å². The molecule has 1 heterocycles. The Bertz CT molecular complexity index is 527. The number of aromatic nitrogens is 1. The molecule has 0 aliphatic rings. The summed E-state index contributed by atoms with van der Waals surface area (Å²) in [4.78, 5) is 16.4. The average molecular weight is 271 g/mol. The van der Waals surface area contributed by atoms with Crippen LogP contribution in [0.25, 0.3) is 0 Å². The van der Waals surface area contributed by atoms with Gasteiger partial charge in [0.15, 0.2) is 4.47 Å². The first-order chi connectivity index (χ1) is 8.15. The summed E-state index contributed by atoms with van der Waals surface area (Å²) in [7, 11) is 0. The van der Waals surface area contributed by atoms with Gasteiger partial charge in [0.25, 0.3) is 5.91 Å². The molecule has 0 atom stereocenters. The topological polar surface area (TPSA) is 42.0 Å². The summed E-state index contributed by atoms with van der Waals surface area (Å²) >= 11 is 6.97. The van der Waals surface area contributed by atoms with Crippen LogP contribution in [0.1, 0.15) is 15.2 Å². The second kappa shape index (κ2) is 5.25. The third-order valence-electron chi connectivity index (χ3n) is 2.05. The molecule has 0 bridgehead atoms. The Labute approximate surface area is 106 Å². The van der Waals surface area contributed by atoms with Crippen molar-refractivity contribution in [1.82, 2.24) is 10.3 Å². The molecule has 3 nitrogen and oxygen atoms in total. The summed E-state index contributed by atoms with van der Waals surface area (Å²) in [6.07, 6.45) is 1.61. The molecule has 0 aliphatic heterocycles. The van der Waals surface area contributed by atoms with E-state index in [0.29, 0.717) is 16.6 Å². The summed E-state index contributed by atoms with van der Waals surface area (Å²) in [6, 6.07) is 5.37. The van der Waals surface area contributed by atoms with E-state index in [9.17, 15) is 9.18 Å². The molecule has 1 aromatic heterocycles.